The zero-order chi connectivity index (χ0) is 22.1. The van der Waals surface area contributed by atoms with Crippen molar-refractivity contribution in [3.8, 4) is 0 Å². The molecule has 0 radical (unpaired) electrons. The molecule has 0 aliphatic carbocycles. The monoisotopic (exact) mass is 462 g/mol. The van der Waals surface area contributed by atoms with Gasteiger partial charge in [0.15, 0.2) is 0 Å². The summed E-state index contributed by atoms with van der Waals surface area (Å²) in [6, 6.07) is 16.1. The van der Waals surface area contributed by atoms with Crippen molar-refractivity contribution in [2.75, 3.05) is 18.0 Å². The van der Waals surface area contributed by atoms with Gasteiger partial charge in [0, 0.05) is 19.3 Å². The summed E-state index contributed by atoms with van der Waals surface area (Å²) in [4.78, 5) is 33.0. The van der Waals surface area contributed by atoms with Gasteiger partial charge in [0.1, 0.15) is 15.8 Å². The predicted molar refractivity (Wildman–Crippen MR) is 133 cm³/mol. The van der Waals surface area contributed by atoms with Crippen molar-refractivity contribution in [1.29, 1.82) is 0 Å². The molecule has 0 saturated carbocycles. The molecule has 0 atom stereocenters. The Hall–Kier alpha value is -2.97. The number of anilines is 1. The Morgan fingerprint density at radius 1 is 1.09 bits per heavy atom. The lowest BCUT2D eigenvalue weighted by molar-refractivity contribution is -0.115. The Morgan fingerprint density at radius 2 is 1.84 bits per heavy atom. The average molecular weight is 463 g/mol. The summed E-state index contributed by atoms with van der Waals surface area (Å²) < 4.78 is 1.92. The molecule has 2 aliphatic heterocycles. The third kappa shape index (κ3) is 4.20. The van der Waals surface area contributed by atoms with Crippen molar-refractivity contribution in [1.82, 2.24) is 14.7 Å². The van der Waals surface area contributed by atoms with E-state index in [2.05, 4.69) is 34.5 Å². The lowest BCUT2D eigenvalue weighted by Gasteiger charge is -2.33. The van der Waals surface area contributed by atoms with Gasteiger partial charge in [0.05, 0.1) is 10.5 Å². The Morgan fingerprint density at radius 3 is 2.56 bits per heavy atom. The van der Waals surface area contributed by atoms with Crippen LogP contribution in [0, 0.1) is 5.92 Å². The number of hydrogen-bond donors (Lipinski definition) is 1. The smallest absolute Gasteiger partial charge is 0.267 e. The van der Waals surface area contributed by atoms with Gasteiger partial charge < -0.3 is 10.2 Å². The molecule has 2 saturated heterocycles. The summed E-state index contributed by atoms with van der Waals surface area (Å²) in [5.74, 6) is 0.966. The van der Waals surface area contributed by atoms with E-state index in [1.54, 1.807) is 18.3 Å². The number of nitrogens with zero attached hydrogens (tertiary/aromatic N) is 3. The molecule has 4 heterocycles. The van der Waals surface area contributed by atoms with Gasteiger partial charge in [-0.3, -0.25) is 14.0 Å². The van der Waals surface area contributed by atoms with E-state index < -0.39 is 0 Å². The average Bonchev–Trinajstić information content (AvgIpc) is 3.13. The molecule has 3 aromatic rings. The van der Waals surface area contributed by atoms with Crippen LogP contribution in [-0.4, -0.2) is 32.7 Å². The summed E-state index contributed by atoms with van der Waals surface area (Å²) >= 11 is 6.28. The fraction of sp³-hybridized carbons (Fsp3) is 0.250. The minimum Gasteiger partial charge on any atom is -0.356 e. The van der Waals surface area contributed by atoms with Crippen LogP contribution in [0.2, 0.25) is 0 Å². The number of thioether (sulfide) groups is 1. The normalized spacial score (nSPS) is 18.5. The second kappa shape index (κ2) is 8.88. The van der Waals surface area contributed by atoms with Gasteiger partial charge in [0.25, 0.3) is 11.5 Å². The number of benzene rings is 1. The second-order valence-electron chi connectivity index (χ2n) is 8.06. The van der Waals surface area contributed by atoms with E-state index >= 15 is 0 Å². The van der Waals surface area contributed by atoms with Crippen molar-refractivity contribution in [3.63, 3.8) is 0 Å². The summed E-state index contributed by atoms with van der Waals surface area (Å²) in [5.41, 5.74) is 2.20. The molecule has 1 amide bonds. The molecule has 0 unspecified atom stereocenters. The number of rotatable bonds is 4. The molecule has 2 fully saturated rings. The molecule has 0 bridgehead atoms. The van der Waals surface area contributed by atoms with Crippen LogP contribution in [0.25, 0.3) is 11.7 Å². The molecule has 162 valence electrons. The SMILES string of the molecule is O=C1NC(=S)SC1=Cc1c(N2CCC(Cc3ccccc3)CC2)nc2ccccn2c1=O. The maximum absolute atomic E-state index is 13.4. The summed E-state index contributed by atoms with van der Waals surface area (Å²) in [6.45, 7) is 1.64. The predicted octanol–water partition coefficient (Wildman–Crippen LogP) is 3.64. The maximum Gasteiger partial charge on any atom is 0.267 e. The molecule has 5 rings (SSSR count). The van der Waals surface area contributed by atoms with Crippen LogP contribution in [0.4, 0.5) is 5.82 Å². The van der Waals surface area contributed by atoms with Crippen LogP contribution < -0.4 is 15.8 Å². The highest BCUT2D eigenvalue weighted by Crippen LogP contribution is 2.30. The molecule has 8 heteroatoms. The zero-order valence-corrected chi connectivity index (χ0v) is 19.0. The van der Waals surface area contributed by atoms with Crippen molar-refractivity contribution < 1.29 is 4.79 Å². The quantitative estimate of drug-likeness (QED) is 0.472. The molecular formula is C24H22N4O2S2. The maximum atomic E-state index is 13.4. The number of pyridine rings is 1. The van der Waals surface area contributed by atoms with Gasteiger partial charge in [-0.05, 0) is 49.0 Å². The minimum absolute atomic E-state index is 0.185. The van der Waals surface area contributed by atoms with Crippen LogP contribution in [0.3, 0.4) is 0 Å². The standard InChI is InChI=1S/C24H22N4O2S2/c29-22-19(32-24(31)26-22)15-18-21(25-20-8-4-5-11-28(20)23(18)30)27-12-9-17(10-13-27)14-16-6-2-1-3-7-16/h1-8,11,15,17H,9-10,12-14H2,(H,26,29,31). The van der Waals surface area contributed by atoms with E-state index in [4.69, 9.17) is 17.2 Å². The first-order valence-corrected chi connectivity index (χ1v) is 11.9. The van der Waals surface area contributed by atoms with Crippen molar-refractivity contribution in [2.24, 2.45) is 5.92 Å². The summed E-state index contributed by atoms with van der Waals surface area (Å²) in [7, 11) is 0. The lowest BCUT2D eigenvalue weighted by Crippen LogP contribution is -2.37. The minimum atomic E-state index is -0.273. The van der Waals surface area contributed by atoms with E-state index in [9.17, 15) is 9.59 Å². The Balaban J connectivity index is 1.47. The zero-order valence-electron chi connectivity index (χ0n) is 17.4. The van der Waals surface area contributed by atoms with E-state index in [0.717, 1.165) is 32.4 Å². The number of fused-ring (bicyclic) bond motifs is 1. The highest BCUT2D eigenvalue weighted by molar-refractivity contribution is 8.26. The third-order valence-electron chi connectivity index (χ3n) is 5.95. The molecule has 32 heavy (non-hydrogen) atoms. The highest BCUT2D eigenvalue weighted by Gasteiger charge is 2.27. The highest BCUT2D eigenvalue weighted by atomic mass is 32.2. The van der Waals surface area contributed by atoms with E-state index in [-0.39, 0.29) is 11.5 Å². The largest absolute Gasteiger partial charge is 0.356 e. The van der Waals surface area contributed by atoms with E-state index in [0.29, 0.717) is 32.2 Å². The van der Waals surface area contributed by atoms with Crippen molar-refractivity contribution in [2.45, 2.75) is 19.3 Å². The number of piperidine rings is 1. The number of hydrogen-bond acceptors (Lipinski definition) is 6. The number of nitrogens with one attached hydrogen (secondary N) is 1. The van der Waals surface area contributed by atoms with Gasteiger partial charge >= 0.3 is 0 Å². The molecule has 0 spiro atoms. The fourth-order valence-corrected chi connectivity index (χ4v) is 5.33. The van der Waals surface area contributed by atoms with Crippen molar-refractivity contribution >= 4 is 51.7 Å². The number of thiocarbonyl (C=S) groups is 1. The van der Waals surface area contributed by atoms with Crippen LogP contribution in [-0.2, 0) is 11.2 Å². The van der Waals surface area contributed by atoms with Gasteiger partial charge in [-0.25, -0.2) is 4.98 Å². The first-order valence-electron chi connectivity index (χ1n) is 10.6. The first-order chi connectivity index (χ1) is 15.6. The molecule has 2 aromatic heterocycles. The number of carbonyl (C=O) groups excluding carboxylic acids is 1. The van der Waals surface area contributed by atoms with Crippen LogP contribution in [0.1, 0.15) is 24.0 Å². The van der Waals surface area contributed by atoms with E-state index in [1.807, 2.05) is 18.2 Å². The van der Waals surface area contributed by atoms with Crippen LogP contribution in [0.15, 0.2) is 64.4 Å². The Labute approximate surface area is 195 Å². The van der Waals surface area contributed by atoms with Crippen LogP contribution in [0.5, 0.6) is 0 Å². The summed E-state index contributed by atoms with van der Waals surface area (Å²) in [5, 5.41) is 2.62. The molecule has 1 aromatic carbocycles. The molecular weight excluding hydrogens is 440 g/mol. The molecule has 2 aliphatic rings. The van der Waals surface area contributed by atoms with E-state index in [1.165, 1.54) is 21.7 Å². The fourth-order valence-electron chi connectivity index (χ4n) is 4.31. The Bertz CT molecular complexity index is 1280. The van der Waals surface area contributed by atoms with Gasteiger partial charge in [-0.15, -0.1) is 0 Å². The molecule has 1 N–H and O–H groups in total. The Kier molecular flexibility index (Phi) is 5.80. The molecule has 6 nitrogen and oxygen atoms in total. The van der Waals surface area contributed by atoms with Gasteiger partial charge in [0.2, 0.25) is 0 Å². The van der Waals surface area contributed by atoms with Crippen LogP contribution >= 0.6 is 24.0 Å². The van der Waals surface area contributed by atoms with Gasteiger partial charge in [-0.2, -0.15) is 0 Å². The second-order valence-corrected chi connectivity index (χ2v) is 9.77. The number of carbonyl (C=O) groups is 1. The summed E-state index contributed by atoms with van der Waals surface area (Å²) in [6.07, 6.45) is 6.46. The lowest BCUT2D eigenvalue weighted by atomic mass is 9.90. The third-order valence-corrected chi connectivity index (χ3v) is 7.11. The van der Waals surface area contributed by atoms with Gasteiger partial charge in [-0.1, -0.05) is 60.4 Å². The number of aromatic nitrogens is 2. The number of amides is 1. The first kappa shape index (κ1) is 20.9. The van der Waals surface area contributed by atoms with Crippen molar-refractivity contribution in [3.05, 3.63) is 81.1 Å². The topological polar surface area (TPSA) is 66.7 Å².